The Morgan fingerprint density at radius 3 is 2.38 bits per heavy atom. The van der Waals surface area contributed by atoms with Crippen LogP contribution in [-0.2, 0) is 10.0 Å². The van der Waals surface area contributed by atoms with Gasteiger partial charge in [0.2, 0.25) is 10.0 Å². The van der Waals surface area contributed by atoms with Crippen molar-refractivity contribution in [2.24, 2.45) is 0 Å². The van der Waals surface area contributed by atoms with Crippen molar-refractivity contribution in [1.82, 2.24) is 14.1 Å². The predicted molar refractivity (Wildman–Crippen MR) is 120 cm³/mol. The molecule has 2 heterocycles. The van der Waals surface area contributed by atoms with E-state index in [0.717, 1.165) is 25.7 Å². The van der Waals surface area contributed by atoms with Crippen molar-refractivity contribution in [3.63, 3.8) is 0 Å². The number of halogens is 1. The largest absolute Gasteiger partial charge is 0.306 e. The average Bonchev–Trinajstić information content (AvgIpc) is 2.97. The molecule has 168 valence electrons. The quantitative estimate of drug-likeness (QED) is 0.626. The molecule has 7 nitrogen and oxygen atoms in total. The van der Waals surface area contributed by atoms with Crippen molar-refractivity contribution >= 4 is 21.7 Å². The first-order valence-corrected chi connectivity index (χ1v) is 12.0. The minimum atomic E-state index is -3.67. The second kappa shape index (κ2) is 9.22. The number of amides is 1. The van der Waals surface area contributed by atoms with Gasteiger partial charge in [-0.1, -0.05) is 18.9 Å². The first kappa shape index (κ1) is 22.2. The highest BCUT2D eigenvalue weighted by Crippen LogP contribution is 2.23. The van der Waals surface area contributed by atoms with Gasteiger partial charge in [0.15, 0.2) is 0 Å². The summed E-state index contributed by atoms with van der Waals surface area (Å²) < 4.78 is 42.5. The van der Waals surface area contributed by atoms with Gasteiger partial charge in [0, 0.05) is 24.7 Å². The molecular formula is C23H25FN4O3S. The molecule has 9 heteroatoms. The summed E-state index contributed by atoms with van der Waals surface area (Å²) in [6.45, 7) is 2.77. The van der Waals surface area contributed by atoms with E-state index in [0.29, 0.717) is 30.3 Å². The molecule has 4 rings (SSSR count). The highest BCUT2D eigenvalue weighted by atomic mass is 32.2. The number of carbonyl (C=O) groups excluding carboxylic acids is 1. The van der Waals surface area contributed by atoms with Crippen LogP contribution in [0, 0.1) is 12.7 Å². The Balaban J connectivity index is 1.58. The summed E-state index contributed by atoms with van der Waals surface area (Å²) in [5.41, 5.74) is 1.49. The van der Waals surface area contributed by atoms with Crippen molar-refractivity contribution in [3.05, 3.63) is 71.7 Å². The molecule has 1 saturated heterocycles. The van der Waals surface area contributed by atoms with Crippen LogP contribution in [0.5, 0.6) is 0 Å². The minimum Gasteiger partial charge on any atom is -0.306 e. The van der Waals surface area contributed by atoms with Crippen LogP contribution >= 0.6 is 0 Å². The second-order valence-corrected chi connectivity index (χ2v) is 9.80. The summed E-state index contributed by atoms with van der Waals surface area (Å²) in [7, 11) is -3.67. The normalized spacial score (nSPS) is 15.3. The fourth-order valence-electron chi connectivity index (χ4n) is 3.79. The summed E-state index contributed by atoms with van der Waals surface area (Å²) in [4.78, 5) is 13.1. The van der Waals surface area contributed by atoms with E-state index in [2.05, 4.69) is 10.4 Å². The van der Waals surface area contributed by atoms with Gasteiger partial charge in [0.05, 0.1) is 16.3 Å². The predicted octanol–water partition coefficient (Wildman–Crippen LogP) is 4.14. The van der Waals surface area contributed by atoms with Crippen LogP contribution in [0.3, 0.4) is 0 Å². The zero-order valence-corrected chi connectivity index (χ0v) is 18.6. The Labute approximate surface area is 186 Å². The van der Waals surface area contributed by atoms with E-state index in [-0.39, 0.29) is 16.3 Å². The number of carbonyl (C=O) groups is 1. The van der Waals surface area contributed by atoms with E-state index < -0.39 is 15.9 Å². The maximum absolute atomic E-state index is 13.3. The number of nitrogens with one attached hydrogen (secondary N) is 1. The molecule has 1 fully saturated rings. The number of hydrogen-bond donors (Lipinski definition) is 1. The van der Waals surface area contributed by atoms with E-state index >= 15 is 0 Å². The monoisotopic (exact) mass is 456 g/mol. The molecule has 0 bridgehead atoms. The van der Waals surface area contributed by atoms with Gasteiger partial charge in [0.25, 0.3) is 5.91 Å². The number of rotatable bonds is 5. The van der Waals surface area contributed by atoms with Gasteiger partial charge in [-0.3, -0.25) is 4.79 Å². The summed E-state index contributed by atoms with van der Waals surface area (Å²) in [6.07, 6.45) is 3.73. The molecule has 0 radical (unpaired) electrons. The van der Waals surface area contributed by atoms with Gasteiger partial charge in [0.1, 0.15) is 11.6 Å². The highest BCUT2D eigenvalue weighted by molar-refractivity contribution is 7.89. The molecule has 2 aromatic carbocycles. The van der Waals surface area contributed by atoms with Crippen LogP contribution in [0.2, 0.25) is 0 Å². The average molecular weight is 457 g/mol. The SMILES string of the molecule is Cc1cc(NC(=O)c2cccc(S(=O)(=O)N3CCCCCC3)c2)n(-c2ccc(F)cc2)n1. The van der Waals surface area contributed by atoms with Crippen LogP contribution in [0.4, 0.5) is 10.2 Å². The Kier molecular flexibility index (Phi) is 6.38. The maximum atomic E-state index is 13.3. The fourth-order valence-corrected chi connectivity index (χ4v) is 5.35. The molecule has 0 aliphatic carbocycles. The third-order valence-electron chi connectivity index (χ3n) is 5.44. The number of benzene rings is 2. The van der Waals surface area contributed by atoms with E-state index in [4.69, 9.17) is 0 Å². The Bertz CT molecular complexity index is 1210. The summed E-state index contributed by atoms with van der Waals surface area (Å²) >= 11 is 0. The molecule has 0 spiro atoms. The number of hydrogen-bond acceptors (Lipinski definition) is 4. The maximum Gasteiger partial charge on any atom is 0.256 e. The van der Waals surface area contributed by atoms with Crippen molar-refractivity contribution in [3.8, 4) is 5.69 Å². The summed E-state index contributed by atoms with van der Waals surface area (Å²) in [5, 5.41) is 7.15. The Morgan fingerprint density at radius 1 is 1.00 bits per heavy atom. The van der Waals surface area contributed by atoms with Gasteiger partial charge < -0.3 is 5.32 Å². The van der Waals surface area contributed by atoms with Crippen LogP contribution in [0.1, 0.15) is 41.7 Å². The van der Waals surface area contributed by atoms with E-state index in [1.54, 1.807) is 37.3 Å². The van der Waals surface area contributed by atoms with Crippen LogP contribution < -0.4 is 5.32 Å². The van der Waals surface area contributed by atoms with Crippen molar-refractivity contribution < 1.29 is 17.6 Å². The van der Waals surface area contributed by atoms with Gasteiger partial charge in [-0.05, 0) is 62.2 Å². The minimum absolute atomic E-state index is 0.107. The number of nitrogens with zero attached hydrogens (tertiary/aromatic N) is 3. The lowest BCUT2D eigenvalue weighted by molar-refractivity contribution is 0.102. The molecular weight excluding hydrogens is 431 g/mol. The number of anilines is 1. The van der Waals surface area contributed by atoms with Crippen molar-refractivity contribution in [1.29, 1.82) is 0 Å². The summed E-state index contributed by atoms with van der Waals surface area (Å²) in [6, 6.07) is 13.5. The zero-order valence-electron chi connectivity index (χ0n) is 17.8. The molecule has 3 aromatic rings. The standard InChI is InChI=1S/C23H25FN4O3S/c1-17-15-22(28(26-17)20-11-9-19(24)10-12-20)25-23(29)18-7-6-8-21(16-18)32(30,31)27-13-4-2-3-5-14-27/h6-12,15-16H,2-5,13-14H2,1H3,(H,25,29). The van der Waals surface area contributed by atoms with E-state index in [1.165, 1.54) is 33.3 Å². The van der Waals surface area contributed by atoms with E-state index in [9.17, 15) is 17.6 Å². The molecule has 0 saturated carbocycles. The third-order valence-corrected chi connectivity index (χ3v) is 7.34. The number of sulfonamides is 1. The lowest BCUT2D eigenvalue weighted by Gasteiger charge is -2.20. The Morgan fingerprint density at radius 2 is 1.69 bits per heavy atom. The van der Waals surface area contributed by atoms with Gasteiger partial charge in [-0.15, -0.1) is 0 Å². The number of aryl methyl sites for hydroxylation is 1. The van der Waals surface area contributed by atoms with Gasteiger partial charge in [-0.2, -0.15) is 9.40 Å². The Hall–Kier alpha value is -3.04. The molecule has 0 unspecified atom stereocenters. The van der Waals surface area contributed by atoms with E-state index in [1.807, 2.05) is 0 Å². The van der Waals surface area contributed by atoms with Crippen LogP contribution in [0.25, 0.3) is 5.69 Å². The zero-order chi connectivity index (χ0) is 22.7. The topological polar surface area (TPSA) is 84.3 Å². The van der Waals surface area contributed by atoms with Gasteiger partial charge >= 0.3 is 0 Å². The van der Waals surface area contributed by atoms with Crippen LogP contribution in [0.15, 0.2) is 59.5 Å². The molecule has 0 atom stereocenters. The lowest BCUT2D eigenvalue weighted by Crippen LogP contribution is -2.32. The fraction of sp³-hybridized carbons (Fsp3) is 0.304. The first-order valence-electron chi connectivity index (χ1n) is 10.6. The molecule has 1 aromatic heterocycles. The highest BCUT2D eigenvalue weighted by Gasteiger charge is 2.26. The smallest absolute Gasteiger partial charge is 0.256 e. The molecule has 1 aliphatic rings. The molecule has 32 heavy (non-hydrogen) atoms. The first-order chi connectivity index (χ1) is 15.3. The second-order valence-electron chi connectivity index (χ2n) is 7.86. The molecule has 1 amide bonds. The summed E-state index contributed by atoms with van der Waals surface area (Å²) in [5.74, 6) is -0.424. The molecule has 1 aliphatic heterocycles. The number of aromatic nitrogens is 2. The molecule has 1 N–H and O–H groups in total. The van der Waals surface area contributed by atoms with Crippen molar-refractivity contribution in [2.75, 3.05) is 18.4 Å². The van der Waals surface area contributed by atoms with Gasteiger partial charge in [-0.25, -0.2) is 17.5 Å². The van der Waals surface area contributed by atoms with Crippen molar-refractivity contribution in [2.45, 2.75) is 37.5 Å². The third kappa shape index (κ3) is 4.73. The van der Waals surface area contributed by atoms with Crippen LogP contribution in [-0.4, -0.2) is 41.5 Å². The lowest BCUT2D eigenvalue weighted by atomic mass is 10.2.